The zero-order valence-corrected chi connectivity index (χ0v) is 13.5. The van der Waals surface area contributed by atoms with Gasteiger partial charge in [-0.15, -0.1) is 0 Å². The standard InChI is InChI=1S/C16H23BrO2/c1-11-4-5-12(2)16(18,9-11)10-13-6-7-15(19-3)14(17)8-13/h6-8,11-12,18H,4-5,9-10H2,1-3H3. The minimum Gasteiger partial charge on any atom is -0.496 e. The summed E-state index contributed by atoms with van der Waals surface area (Å²) in [4.78, 5) is 0. The predicted octanol–water partition coefficient (Wildman–Crippen LogP) is 4.19. The van der Waals surface area contributed by atoms with Gasteiger partial charge in [-0.2, -0.15) is 0 Å². The molecule has 0 spiro atoms. The first-order valence-corrected chi connectivity index (χ1v) is 7.78. The predicted molar refractivity (Wildman–Crippen MR) is 81.5 cm³/mol. The maximum atomic E-state index is 10.9. The van der Waals surface area contributed by atoms with Crippen molar-refractivity contribution in [2.45, 2.75) is 45.1 Å². The molecule has 0 saturated heterocycles. The van der Waals surface area contributed by atoms with E-state index >= 15 is 0 Å². The lowest BCUT2D eigenvalue weighted by atomic mass is 9.69. The molecule has 0 bridgehead atoms. The van der Waals surface area contributed by atoms with Crippen LogP contribution < -0.4 is 4.74 Å². The highest BCUT2D eigenvalue weighted by molar-refractivity contribution is 9.10. The van der Waals surface area contributed by atoms with E-state index in [9.17, 15) is 5.11 Å². The molecule has 106 valence electrons. The number of benzene rings is 1. The summed E-state index contributed by atoms with van der Waals surface area (Å²) < 4.78 is 6.20. The highest BCUT2D eigenvalue weighted by Gasteiger charge is 2.38. The number of aliphatic hydroxyl groups is 1. The van der Waals surface area contributed by atoms with Gasteiger partial charge in [0.2, 0.25) is 0 Å². The number of hydrogen-bond acceptors (Lipinski definition) is 2. The topological polar surface area (TPSA) is 29.5 Å². The summed E-state index contributed by atoms with van der Waals surface area (Å²) in [5.74, 6) is 1.81. The van der Waals surface area contributed by atoms with E-state index < -0.39 is 5.60 Å². The Labute approximate surface area is 124 Å². The van der Waals surface area contributed by atoms with Crippen LogP contribution in [0, 0.1) is 11.8 Å². The van der Waals surface area contributed by atoms with Gasteiger partial charge in [0.1, 0.15) is 5.75 Å². The van der Waals surface area contributed by atoms with Crippen LogP contribution in [0.3, 0.4) is 0 Å². The Hall–Kier alpha value is -0.540. The molecule has 0 aromatic heterocycles. The van der Waals surface area contributed by atoms with Crippen molar-refractivity contribution in [2.24, 2.45) is 11.8 Å². The summed E-state index contributed by atoms with van der Waals surface area (Å²) in [6.45, 7) is 4.41. The van der Waals surface area contributed by atoms with E-state index in [-0.39, 0.29) is 0 Å². The van der Waals surface area contributed by atoms with Crippen molar-refractivity contribution in [3.63, 3.8) is 0 Å². The van der Waals surface area contributed by atoms with Crippen molar-refractivity contribution in [2.75, 3.05) is 7.11 Å². The van der Waals surface area contributed by atoms with Crippen molar-refractivity contribution >= 4 is 15.9 Å². The number of rotatable bonds is 3. The molecule has 1 aliphatic rings. The molecule has 2 rings (SSSR count). The molecular formula is C16H23BrO2. The van der Waals surface area contributed by atoms with Gasteiger partial charge in [0.25, 0.3) is 0 Å². The lowest BCUT2D eigenvalue weighted by molar-refractivity contribution is -0.0560. The van der Waals surface area contributed by atoms with Gasteiger partial charge in [-0.1, -0.05) is 26.3 Å². The summed E-state index contributed by atoms with van der Waals surface area (Å²) in [5.41, 5.74) is 0.599. The first-order valence-electron chi connectivity index (χ1n) is 6.99. The average molecular weight is 327 g/mol. The molecule has 0 aliphatic heterocycles. The molecule has 1 aliphatic carbocycles. The Morgan fingerprint density at radius 3 is 2.74 bits per heavy atom. The maximum absolute atomic E-state index is 10.9. The quantitative estimate of drug-likeness (QED) is 0.902. The van der Waals surface area contributed by atoms with E-state index in [0.29, 0.717) is 11.8 Å². The van der Waals surface area contributed by atoms with Crippen LogP contribution in [0.5, 0.6) is 5.75 Å². The van der Waals surface area contributed by atoms with Crippen LogP contribution in [0.25, 0.3) is 0 Å². The smallest absolute Gasteiger partial charge is 0.133 e. The molecule has 1 aromatic carbocycles. The molecular weight excluding hydrogens is 304 g/mol. The van der Waals surface area contributed by atoms with Gasteiger partial charge in [-0.25, -0.2) is 0 Å². The summed E-state index contributed by atoms with van der Waals surface area (Å²) in [6.07, 6.45) is 3.98. The molecule has 0 radical (unpaired) electrons. The Balaban J connectivity index is 2.17. The summed E-state index contributed by atoms with van der Waals surface area (Å²) >= 11 is 3.51. The largest absolute Gasteiger partial charge is 0.496 e. The van der Waals surface area contributed by atoms with Gasteiger partial charge in [-0.05, 0) is 58.3 Å². The van der Waals surface area contributed by atoms with E-state index in [1.54, 1.807) is 7.11 Å². The molecule has 1 saturated carbocycles. The first-order chi connectivity index (χ1) is 8.94. The van der Waals surface area contributed by atoms with Gasteiger partial charge in [0, 0.05) is 6.42 Å². The number of hydrogen-bond donors (Lipinski definition) is 1. The monoisotopic (exact) mass is 326 g/mol. The highest BCUT2D eigenvalue weighted by atomic mass is 79.9. The van der Waals surface area contributed by atoms with Gasteiger partial charge in [-0.3, -0.25) is 0 Å². The van der Waals surface area contributed by atoms with Crippen LogP contribution in [0.4, 0.5) is 0 Å². The molecule has 0 amide bonds. The van der Waals surface area contributed by atoms with Crippen LogP contribution in [-0.4, -0.2) is 17.8 Å². The van der Waals surface area contributed by atoms with Crippen molar-refractivity contribution in [1.82, 2.24) is 0 Å². The maximum Gasteiger partial charge on any atom is 0.133 e. The third kappa shape index (κ3) is 3.32. The number of ether oxygens (including phenoxy) is 1. The molecule has 0 heterocycles. The molecule has 3 unspecified atom stereocenters. The minimum atomic E-state index is -0.564. The lowest BCUT2D eigenvalue weighted by Crippen LogP contribution is -2.43. The second-order valence-electron chi connectivity index (χ2n) is 6.04. The van der Waals surface area contributed by atoms with E-state index in [1.807, 2.05) is 12.1 Å². The molecule has 19 heavy (non-hydrogen) atoms. The molecule has 1 N–H and O–H groups in total. The van der Waals surface area contributed by atoms with Gasteiger partial charge in [0.15, 0.2) is 0 Å². The average Bonchev–Trinajstić information content (AvgIpc) is 2.34. The van der Waals surface area contributed by atoms with Crippen LogP contribution in [0.15, 0.2) is 22.7 Å². The van der Waals surface area contributed by atoms with Crippen molar-refractivity contribution in [3.05, 3.63) is 28.2 Å². The van der Waals surface area contributed by atoms with E-state index in [4.69, 9.17) is 4.74 Å². The number of methoxy groups -OCH3 is 1. The fourth-order valence-corrected chi connectivity index (χ4v) is 3.72. The van der Waals surface area contributed by atoms with Gasteiger partial charge < -0.3 is 9.84 Å². The van der Waals surface area contributed by atoms with Crippen LogP contribution in [0.1, 0.15) is 38.7 Å². The Bertz CT molecular complexity index is 446. The van der Waals surface area contributed by atoms with E-state index in [2.05, 4.69) is 35.8 Å². The summed E-state index contributed by atoms with van der Waals surface area (Å²) in [5, 5.41) is 10.9. The SMILES string of the molecule is COc1ccc(CC2(O)CC(C)CCC2C)cc1Br. The zero-order valence-electron chi connectivity index (χ0n) is 11.9. The van der Waals surface area contributed by atoms with E-state index in [1.165, 1.54) is 6.42 Å². The van der Waals surface area contributed by atoms with Gasteiger partial charge >= 0.3 is 0 Å². The van der Waals surface area contributed by atoms with Crippen LogP contribution >= 0.6 is 15.9 Å². The minimum absolute atomic E-state index is 0.365. The molecule has 1 aromatic rings. The lowest BCUT2D eigenvalue weighted by Gasteiger charge is -2.41. The van der Waals surface area contributed by atoms with Crippen LogP contribution in [-0.2, 0) is 6.42 Å². The molecule has 3 heteroatoms. The first kappa shape index (κ1) is 14.9. The molecule has 2 nitrogen and oxygen atoms in total. The highest BCUT2D eigenvalue weighted by Crippen LogP contribution is 2.39. The van der Waals surface area contributed by atoms with Crippen molar-refractivity contribution < 1.29 is 9.84 Å². The fourth-order valence-electron chi connectivity index (χ4n) is 3.13. The zero-order chi connectivity index (χ0) is 14.0. The van der Waals surface area contributed by atoms with Crippen LogP contribution in [0.2, 0.25) is 0 Å². The number of halogens is 1. The summed E-state index contributed by atoms with van der Waals surface area (Å²) in [7, 11) is 1.66. The molecule has 1 fully saturated rings. The third-order valence-electron chi connectivity index (χ3n) is 4.44. The summed E-state index contributed by atoms with van der Waals surface area (Å²) in [6, 6.07) is 6.07. The fraction of sp³-hybridized carbons (Fsp3) is 0.625. The van der Waals surface area contributed by atoms with Crippen molar-refractivity contribution in [3.8, 4) is 5.75 Å². The Morgan fingerprint density at radius 1 is 1.37 bits per heavy atom. The second-order valence-corrected chi connectivity index (χ2v) is 6.89. The third-order valence-corrected chi connectivity index (χ3v) is 5.06. The Morgan fingerprint density at radius 2 is 2.11 bits per heavy atom. The second kappa shape index (κ2) is 5.84. The Kier molecular flexibility index (Phi) is 4.57. The molecule has 3 atom stereocenters. The van der Waals surface area contributed by atoms with Crippen molar-refractivity contribution in [1.29, 1.82) is 0 Å². The van der Waals surface area contributed by atoms with Gasteiger partial charge in [0.05, 0.1) is 17.2 Å². The normalized spacial score (nSPS) is 31.2. The van der Waals surface area contributed by atoms with E-state index in [0.717, 1.165) is 35.0 Å².